The first kappa shape index (κ1) is 13.0. The van der Waals surface area contributed by atoms with Crippen molar-refractivity contribution in [2.75, 3.05) is 26.2 Å². The van der Waals surface area contributed by atoms with Crippen LogP contribution in [0.4, 0.5) is 0 Å². The summed E-state index contributed by atoms with van der Waals surface area (Å²) in [6.07, 6.45) is 6.15. The van der Waals surface area contributed by atoms with E-state index in [0.717, 1.165) is 39.0 Å². The molecule has 1 aliphatic heterocycles. The molecule has 18 heavy (non-hydrogen) atoms. The van der Waals surface area contributed by atoms with Gasteiger partial charge in [-0.2, -0.15) is 5.10 Å². The van der Waals surface area contributed by atoms with Crippen LogP contribution in [0.1, 0.15) is 29.6 Å². The zero-order valence-electron chi connectivity index (χ0n) is 10.5. The Hall–Kier alpha value is -1.40. The van der Waals surface area contributed by atoms with E-state index in [0.29, 0.717) is 12.1 Å². The summed E-state index contributed by atoms with van der Waals surface area (Å²) in [4.78, 5) is 13.9. The van der Waals surface area contributed by atoms with Gasteiger partial charge >= 0.3 is 0 Å². The first-order chi connectivity index (χ1) is 8.81. The number of hydrogen-bond donors (Lipinski definition) is 2. The summed E-state index contributed by atoms with van der Waals surface area (Å²) in [6.45, 7) is 2.88. The molecule has 0 aromatic carbocycles. The highest BCUT2D eigenvalue weighted by molar-refractivity contribution is 5.93. The Morgan fingerprint density at radius 3 is 2.94 bits per heavy atom. The maximum Gasteiger partial charge on any atom is 0.257 e. The molecule has 1 aromatic rings. The van der Waals surface area contributed by atoms with Crippen LogP contribution in [0.5, 0.6) is 0 Å². The normalized spacial score (nSPS) is 17.1. The molecule has 6 nitrogen and oxygen atoms in total. The highest BCUT2D eigenvalue weighted by Gasteiger charge is 2.24. The van der Waals surface area contributed by atoms with Crippen LogP contribution in [0.2, 0.25) is 0 Å². The van der Waals surface area contributed by atoms with E-state index in [4.69, 9.17) is 10.5 Å². The number of nitrogens with two attached hydrogens (primary N) is 1. The van der Waals surface area contributed by atoms with Crippen molar-refractivity contribution in [2.45, 2.75) is 25.4 Å². The minimum Gasteiger partial charge on any atom is -0.378 e. The van der Waals surface area contributed by atoms with Crippen molar-refractivity contribution in [2.24, 2.45) is 5.73 Å². The van der Waals surface area contributed by atoms with E-state index < -0.39 is 0 Å². The van der Waals surface area contributed by atoms with Crippen LogP contribution in [0.25, 0.3) is 0 Å². The fourth-order valence-corrected chi connectivity index (χ4v) is 2.11. The Balaban J connectivity index is 1.75. The maximum absolute atomic E-state index is 12.0. The standard InChI is InChI=1S/C12H20N4O2/c13-4-1-7-18-11-2-5-16(6-3-11)12(17)10-8-14-15-9-10/h8-9,11H,1-7,13H2,(H,14,15). The van der Waals surface area contributed by atoms with E-state index >= 15 is 0 Å². The molecule has 1 fully saturated rings. The molecule has 0 unspecified atom stereocenters. The van der Waals surface area contributed by atoms with Crippen molar-refractivity contribution < 1.29 is 9.53 Å². The Morgan fingerprint density at radius 1 is 1.56 bits per heavy atom. The minimum atomic E-state index is 0.0455. The number of rotatable bonds is 5. The first-order valence-electron chi connectivity index (χ1n) is 6.41. The van der Waals surface area contributed by atoms with Gasteiger partial charge in [-0.15, -0.1) is 0 Å². The number of aromatic nitrogens is 2. The van der Waals surface area contributed by atoms with Crippen LogP contribution in [-0.4, -0.2) is 53.3 Å². The fourth-order valence-electron chi connectivity index (χ4n) is 2.11. The fraction of sp³-hybridized carbons (Fsp3) is 0.667. The summed E-state index contributed by atoms with van der Waals surface area (Å²) in [7, 11) is 0. The molecule has 1 aromatic heterocycles. The number of H-pyrrole nitrogens is 1. The third-order valence-electron chi connectivity index (χ3n) is 3.18. The Morgan fingerprint density at radius 2 is 2.33 bits per heavy atom. The van der Waals surface area contributed by atoms with Gasteiger partial charge in [0.1, 0.15) is 0 Å². The summed E-state index contributed by atoms with van der Waals surface area (Å²) in [5.74, 6) is 0.0455. The van der Waals surface area contributed by atoms with Gasteiger partial charge < -0.3 is 15.4 Å². The molecule has 2 rings (SSSR count). The topological polar surface area (TPSA) is 84.2 Å². The van der Waals surface area contributed by atoms with Crippen molar-refractivity contribution in [1.82, 2.24) is 15.1 Å². The number of carbonyl (C=O) groups is 1. The average molecular weight is 252 g/mol. The lowest BCUT2D eigenvalue weighted by Crippen LogP contribution is -2.40. The lowest BCUT2D eigenvalue weighted by molar-refractivity contribution is 0.00845. The molecule has 1 saturated heterocycles. The molecule has 0 spiro atoms. The molecule has 0 bridgehead atoms. The SMILES string of the molecule is NCCCOC1CCN(C(=O)c2cn[nH]c2)CC1. The molecule has 0 atom stereocenters. The van der Waals surface area contributed by atoms with Crippen molar-refractivity contribution >= 4 is 5.91 Å². The van der Waals surface area contributed by atoms with E-state index in [-0.39, 0.29) is 12.0 Å². The van der Waals surface area contributed by atoms with Crippen molar-refractivity contribution in [3.8, 4) is 0 Å². The van der Waals surface area contributed by atoms with Gasteiger partial charge in [-0.05, 0) is 25.8 Å². The number of hydrogen-bond acceptors (Lipinski definition) is 4. The van der Waals surface area contributed by atoms with Crippen molar-refractivity contribution in [1.29, 1.82) is 0 Å². The quantitative estimate of drug-likeness (QED) is 0.742. The molecular weight excluding hydrogens is 232 g/mol. The van der Waals surface area contributed by atoms with Crippen LogP contribution < -0.4 is 5.73 Å². The van der Waals surface area contributed by atoms with Crippen LogP contribution >= 0.6 is 0 Å². The van der Waals surface area contributed by atoms with Gasteiger partial charge in [-0.3, -0.25) is 9.89 Å². The molecule has 100 valence electrons. The van der Waals surface area contributed by atoms with Crippen molar-refractivity contribution in [3.63, 3.8) is 0 Å². The minimum absolute atomic E-state index is 0.0455. The molecular formula is C12H20N4O2. The number of likely N-dealkylation sites (tertiary alicyclic amines) is 1. The molecule has 0 aliphatic carbocycles. The third-order valence-corrected chi connectivity index (χ3v) is 3.18. The lowest BCUT2D eigenvalue weighted by atomic mass is 10.1. The zero-order valence-corrected chi connectivity index (χ0v) is 10.5. The van der Waals surface area contributed by atoms with Gasteiger partial charge in [0.05, 0.1) is 17.9 Å². The van der Waals surface area contributed by atoms with E-state index in [1.54, 1.807) is 12.4 Å². The summed E-state index contributed by atoms with van der Waals surface area (Å²) in [6, 6.07) is 0. The molecule has 2 heterocycles. The van der Waals surface area contributed by atoms with E-state index in [1.807, 2.05) is 4.90 Å². The van der Waals surface area contributed by atoms with E-state index in [2.05, 4.69) is 10.2 Å². The lowest BCUT2D eigenvalue weighted by Gasteiger charge is -2.31. The highest BCUT2D eigenvalue weighted by Crippen LogP contribution is 2.16. The smallest absolute Gasteiger partial charge is 0.257 e. The first-order valence-corrected chi connectivity index (χ1v) is 6.41. The van der Waals surface area contributed by atoms with Crippen LogP contribution in [0.3, 0.4) is 0 Å². The third kappa shape index (κ3) is 3.30. The van der Waals surface area contributed by atoms with Gasteiger partial charge in [0, 0.05) is 25.9 Å². The van der Waals surface area contributed by atoms with Crippen LogP contribution in [-0.2, 0) is 4.74 Å². The summed E-state index contributed by atoms with van der Waals surface area (Å²) in [5.41, 5.74) is 6.04. The molecule has 1 aliphatic rings. The predicted octanol–water partition coefficient (Wildman–Crippen LogP) is 0.380. The predicted molar refractivity (Wildman–Crippen MR) is 67.1 cm³/mol. The zero-order chi connectivity index (χ0) is 12.8. The molecule has 1 amide bonds. The second kappa shape index (κ2) is 6.51. The number of ether oxygens (including phenoxy) is 1. The maximum atomic E-state index is 12.0. The van der Waals surface area contributed by atoms with Gasteiger partial charge in [-0.1, -0.05) is 0 Å². The Labute approximate surface area is 106 Å². The van der Waals surface area contributed by atoms with Gasteiger partial charge in [0.2, 0.25) is 0 Å². The molecule has 0 radical (unpaired) electrons. The van der Waals surface area contributed by atoms with Gasteiger partial charge in [0.15, 0.2) is 0 Å². The highest BCUT2D eigenvalue weighted by atomic mass is 16.5. The average Bonchev–Trinajstić information content (AvgIpc) is 2.93. The van der Waals surface area contributed by atoms with E-state index in [9.17, 15) is 4.79 Å². The van der Waals surface area contributed by atoms with Crippen LogP contribution in [0.15, 0.2) is 12.4 Å². The van der Waals surface area contributed by atoms with Gasteiger partial charge in [-0.25, -0.2) is 0 Å². The summed E-state index contributed by atoms with van der Waals surface area (Å²) in [5, 5.41) is 6.45. The second-order valence-electron chi connectivity index (χ2n) is 4.49. The van der Waals surface area contributed by atoms with Gasteiger partial charge in [0.25, 0.3) is 5.91 Å². The molecule has 6 heteroatoms. The second-order valence-corrected chi connectivity index (χ2v) is 4.49. The monoisotopic (exact) mass is 252 g/mol. The number of nitrogens with zero attached hydrogens (tertiary/aromatic N) is 2. The number of nitrogens with one attached hydrogen (secondary N) is 1. The summed E-state index contributed by atoms with van der Waals surface area (Å²) < 4.78 is 5.71. The largest absolute Gasteiger partial charge is 0.378 e. The number of aromatic amines is 1. The number of amides is 1. The Kier molecular flexibility index (Phi) is 4.72. The summed E-state index contributed by atoms with van der Waals surface area (Å²) >= 11 is 0. The molecule has 0 saturated carbocycles. The molecule has 3 N–H and O–H groups in total. The van der Waals surface area contributed by atoms with Crippen molar-refractivity contribution in [3.05, 3.63) is 18.0 Å². The number of carbonyl (C=O) groups excluding carboxylic acids is 1. The van der Waals surface area contributed by atoms with Crippen LogP contribution in [0, 0.1) is 0 Å². The Bertz CT molecular complexity index is 358. The number of piperidine rings is 1. The van der Waals surface area contributed by atoms with E-state index in [1.165, 1.54) is 0 Å².